The van der Waals surface area contributed by atoms with Crippen molar-refractivity contribution in [2.45, 2.75) is 55.3 Å². The van der Waals surface area contributed by atoms with Crippen molar-refractivity contribution in [1.29, 1.82) is 0 Å². The van der Waals surface area contributed by atoms with Gasteiger partial charge in [-0.2, -0.15) is 0 Å². The van der Waals surface area contributed by atoms with E-state index in [1.165, 1.54) is 29.4 Å². The van der Waals surface area contributed by atoms with Crippen LogP contribution < -0.4 is 9.47 Å². The second-order valence-corrected chi connectivity index (χ2v) is 12.0. The molecule has 2 unspecified atom stereocenters. The smallest absolute Gasteiger partial charge is 0.166 e. The lowest BCUT2D eigenvalue weighted by Gasteiger charge is -2.63. The van der Waals surface area contributed by atoms with Gasteiger partial charge in [-0.1, -0.05) is 42.5 Å². The number of nitrogens with zero attached hydrogens (tertiary/aromatic N) is 2. The van der Waals surface area contributed by atoms with E-state index in [0.717, 1.165) is 70.9 Å². The molecule has 9 rings (SSSR count). The molecular formula is C32H30N2O3. The molecule has 1 saturated heterocycles. The first-order chi connectivity index (χ1) is 18.1. The zero-order chi connectivity index (χ0) is 24.5. The lowest BCUT2D eigenvalue weighted by atomic mass is 9.49. The minimum Gasteiger partial charge on any atom is -0.493 e. The van der Waals surface area contributed by atoms with Crippen molar-refractivity contribution in [2.24, 2.45) is 5.92 Å². The van der Waals surface area contributed by atoms with Crippen LogP contribution in [0, 0.1) is 5.92 Å². The highest BCUT2D eigenvalue weighted by Gasteiger charge is 2.72. The molecule has 5 heteroatoms. The number of rotatable bonds is 3. The average molecular weight is 491 g/mol. The summed E-state index contributed by atoms with van der Waals surface area (Å²) in [5, 5.41) is 16.5. The molecule has 5 aliphatic rings. The first-order valence-corrected chi connectivity index (χ1v) is 13.8. The monoisotopic (exact) mass is 490 g/mol. The summed E-state index contributed by atoms with van der Waals surface area (Å²) in [6, 6.07) is 19.4. The first-order valence-electron chi connectivity index (χ1n) is 13.8. The number of methoxy groups -OCH3 is 1. The Hall–Kier alpha value is -3.15. The maximum absolute atomic E-state index is 13.0. The molecule has 2 bridgehead atoms. The fourth-order valence-corrected chi connectivity index (χ4v) is 8.43. The Labute approximate surface area is 216 Å². The summed E-state index contributed by atoms with van der Waals surface area (Å²) < 4.78 is 12.7. The maximum atomic E-state index is 13.0. The van der Waals surface area contributed by atoms with E-state index in [0.29, 0.717) is 6.42 Å². The molecule has 0 amide bonds. The number of piperidine rings is 1. The zero-order valence-corrected chi connectivity index (χ0v) is 21.0. The van der Waals surface area contributed by atoms with Crippen LogP contribution in [-0.2, 0) is 18.3 Å². The van der Waals surface area contributed by atoms with Crippen LogP contribution >= 0.6 is 0 Å². The first kappa shape index (κ1) is 20.9. The van der Waals surface area contributed by atoms with E-state index in [2.05, 4.69) is 59.5 Å². The van der Waals surface area contributed by atoms with Crippen LogP contribution in [0.1, 0.15) is 47.8 Å². The molecule has 186 valence electrons. The molecule has 3 aliphatic carbocycles. The van der Waals surface area contributed by atoms with Gasteiger partial charge >= 0.3 is 0 Å². The van der Waals surface area contributed by atoms with Crippen molar-refractivity contribution in [3.8, 4) is 11.5 Å². The average Bonchev–Trinajstić information content (AvgIpc) is 3.66. The van der Waals surface area contributed by atoms with Gasteiger partial charge in [0.2, 0.25) is 0 Å². The van der Waals surface area contributed by atoms with Crippen LogP contribution in [0.3, 0.4) is 0 Å². The minimum absolute atomic E-state index is 0.0836. The highest BCUT2D eigenvalue weighted by molar-refractivity contribution is 6.05. The summed E-state index contributed by atoms with van der Waals surface area (Å²) in [7, 11) is 1.71. The Morgan fingerprint density at radius 2 is 1.95 bits per heavy atom. The molecule has 0 radical (unpaired) electrons. The predicted molar refractivity (Wildman–Crippen MR) is 142 cm³/mol. The SMILES string of the molecule is COc1ccc2c3c1OC1c4nc5c(ccc6ccccc65)cc4CC4(O)[C@H](C2)N(CC2CC2)CC[C@]314. The third kappa shape index (κ3) is 2.45. The van der Waals surface area contributed by atoms with E-state index in [4.69, 9.17) is 14.5 Å². The second-order valence-electron chi connectivity index (χ2n) is 12.0. The van der Waals surface area contributed by atoms with E-state index in [-0.39, 0.29) is 12.1 Å². The summed E-state index contributed by atoms with van der Waals surface area (Å²) >= 11 is 0. The molecule has 2 fully saturated rings. The molecule has 1 spiro atoms. The van der Waals surface area contributed by atoms with Gasteiger partial charge in [0.25, 0.3) is 0 Å². The summed E-state index contributed by atoms with van der Waals surface area (Å²) in [4.78, 5) is 7.98. The molecule has 1 saturated carbocycles. The number of fused-ring (bicyclic) bond motifs is 5. The molecule has 37 heavy (non-hydrogen) atoms. The van der Waals surface area contributed by atoms with Crippen LogP contribution in [0.15, 0.2) is 54.6 Å². The summed E-state index contributed by atoms with van der Waals surface area (Å²) in [5.74, 6) is 2.37. The Bertz CT molecular complexity index is 1640. The van der Waals surface area contributed by atoms with Gasteiger partial charge in [0.1, 0.15) is 0 Å². The third-order valence-electron chi connectivity index (χ3n) is 10.2. The van der Waals surface area contributed by atoms with E-state index in [1.54, 1.807) is 7.11 Å². The van der Waals surface area contributed by atoms with E-state index >= 15 is 0 Å². The quantitative estimate of drug-likeness (QED) is 0.405. The number of pyridine rings is 1. The summed E-state index contributed by atoms with van der Waals surface area (Å²) in [6.45, 7) is 2.09. The van der Waals surface area contributed by atoms with Crippen molar-refractivity contribution >= 4 is 21.7 Å². The number of hydrogen-bond donors (Lipinski definition) is 1. The summed E-state index contributed by atoms with van der Waals surface area (Å²) in [5.41, 5.74) is 4.22. The highest BCUT2D eigenvalue weighted by atomic mass is 16.5. The number of aliphatic hydroxyl groups is 1. The number of likely N-dealkylation sites (tertiary alicyclic amines) is 1. The molecule has 3 aromatic carbocycles. The Balaban J connectivity index is 1.32. The van der Waals surface area contributed by atoms with E-state index in [1.807, 2.05) is 0 Å². The van der Waals surface area contributed by atoms with Crippen LogP contribution in [0.5, 0.6) is 11.5 Å². The molecule has 5 nitrogen and oxygen atoms in total. The fraction of sp³-hybridized carbons (Fsp3) is 0.406. The number of aromatic nitrogens is 1. The fourth-order valence-electron chi connectivity index (χ4n) is 8.43. The van der Waals surface area contributed by atoms with Gasteiger partial charge in [-0.15, -0.1) is 0 Å². The van der Waals surface area contributed by atoms with Crippen LogP contribution in [0.4, 0.5) is 0 Å². The molecule has 2 aliphatic heterocycles. The molecule has 4 atom stereocenters. The minimum atomic E-state index is -0.908. The summed E-state index contributed by atoms with van der Waals surface area (Å²) in [6.07, 6.45) is 4.67. The normalized spacial score (nSPS) is 31.2. The van der Waals surface area contributed by atoms with Gasteiger partial charge < -0.3 is 14.6 Å². The van der Waals surface area contributed by atoms with Crippen molar-refractivity contribution in [1.82, 2.24) is 9.88 Å². The zero-order valence-electron chi connectivity index (χ0n) is 21.0. The van der Waals surface area contributed by atoms with Crippen molar-refractivity contribution in [2.75, 3.05) is 20.2 Å². The van der Waals surface area contributed by atoms with Crippen LogP contribution in [0.25, 0.3) is 21.7 Å². The van der Waals surface area contributed by atoms with Crippen molar-refractivity contribution in [3.63, 3.8) is 0 Å². The van der Waals surface area contributed by atoms with Gasteiger partial charge in [0, 0.05) is 35.3 Å². The molecular weight excluding hydrogens is 460 g/mol. The van der Waals surface area contributed by atoms with E-state index in [9.17, 15) is 5.11 Å². The van der Waals surface area contributed by atoms with Crippen LogP contribution in [0.2, 0.25) is 0 Å². The van der Waals surface area contributed by atoms with Crippen molar-refractivity contribution < 1.29 is 14.6 Å². The van der Waals surface area contributed by atoms with Gasteiger partial charge in [-0.05, 0) is 66.8 Å². The largest absolute Gasteiger partial charge is 0.493 e. The number of ether oxygens (including phenoxy) is 2. The maximum Gasteiger partial charge on any atom is 0.166 e. The van der Waals surface area contributed by atoms with E-state index < -0.39 is 11.0 Å². The predicted octanol–water partition coefficient (Wildman–Crippen LogP) is 5.10. The number of benzene rings is 3. The number of hydrogen-bond acceptors (Lipinski definition) is 5. The second kappa shape index (κ2) is 6.83. The van der Waals surface area contributed by atoms with Crippen molar-refractivity contribution in [3.05, 3.63) is 77.0 Å². The van der Waals surface area contributed by atoms with Gasteiger partial charge in [0.05, 0.1) is 29.3 Å². The van der Waals surface area contributed by atoms with Crippen LogP contribution in [-0.4, -0.2) is 46.8 Å². The Morgan fingerprint density at radius 3 is 2.81 bits per heavy atom. The standard InChI is InChI=1S/C32H30N2O3/c1-36-24-11-10-20-15-25-32(35)16-22-14-21-9-8-19-4-2-3-5-23(19)27(21)33-28(22)30-31(32,26(20)29(24)37-30)12-13-34(25)17-18-6-7-18/h2-5,8-11,14,18,25,30,35H,6-7,12-13,15-17H2,1H3/t25-,30?,31-,32?/m0/s1. The van der Waals surface area contributed by atoms with Gasteiger partial charge in [0.15, 0.2) is 17.6 Å². The lowest BCUT2D eigenvalue weighted by Crippen LogP contribution is -2.74. The molecule has 3 heterocycles. The molecule has 1 aromatic heterocycles. The lowest BCUT2D eigenvalue weighted by molar-refractivity contribution is -0.173. The third-order valence-corrected chi connectivity index (χ3v) is 10.2. The molecule has 1 N–H and O–H groups in total. The molecule has 4 aromatic rings. The topological polar surface area (TPSA) is 54.8 Å². The highest BCUT2D eigenvalue weighted by Crippen LogP contribution is 2.68. The van der Waals surface area contributed by atoms with Gasteiger partial charge in [-0.3, -0.25) is 4.90 Å². The Kier molecular flexibility index (Phi) is 3.85. The Morgan fingerprint density at radius 1 is 1.08 bits per heavy atom. The van der Waals surface area contributed by atoms with Gasteiger partial charge in [-0.25, -0.2) is 4.98 Å².